The molecule has 144 valence electrons. The highest BCUT2D eigenvalue weighted by atomic mass is 35.5. The molecule has 1 fully saturated rings. The summed E-state index contributed by atoms with van der Waals surface area (Å²) >= 11 is 7.44. The molecule has 5 nitrogen and oxygen atoms in total. The van der Waals surface area contributed by atoms with Crippen LogP contribution in [0, 0.1) is 5.82 Å². The van der Waals surface area contributed by atoms with Crippen LogP contribution in [0.3, 0.4) is 0 Å². The van der Waals surface area contributed by atoms with Gasteiger partial charge in [0.15, 0.2) is 0 Å². The summed E-state index contributed by atoms with van der Waals surface area (Å²) in [6.07, 6.45) is 0. The van der Waals surface area contributed by atoms with Gasteiger partial charge in [-0.15, -0.1) is 11.8 Å². The van der Waals surface area contributed by atoms with Crippen molar-refractivity contribution in [1.82, 2.24) is 9.21 Å². The van der Waals surface area contributed by atoms with Crippen molar-refractivity contribution in [2.75, 3.05) is 31.9 Å². The zero-order chi connectivity index (χ0) is 19.4. The minimum Gasteiger partial charge on any atom is -0.339 e. The standard InChI is InChI=1S/C18H18ClFN2O3S2/c19-16-6-1-2-7-17(16)26-13-18(23)21-8-10-22(11-9-21)27(24,25)15-5-3-4-14(20)12-15/h1-7,12H,8-11,13H2. The smallest absolute Gasteiger partial charge is 0.243 e. The average Bonchev–Trinajstić information content (AvgIpc) is 2.67. The van der Waals surface area contributed by atoms with Crippen molar-refractivity contribution < 1.29 is 17.6 Å². The van der Waals surface area contributed by atoms with Crippen LogP contribution in [0.2, 0.25) is 5.02 Å². The van der Waals surface area contributed by atoms with Gasteiger partial charge in [-0.05, 0) is 30.3 Å². The molecule has 2 aromatic rings. The van der Waals surface area contributed by atoms with E-state index in [1.54, 1.807) is 11.0 Å². The van der Waals surface area contributed by atoms with Crippen molar-refractivity contribution in [2.45, 2.75) is 9.79 Å². The van der Waals surface area contributed by atoms with Crippen molar-refractivity contribution in [1.29, 1.82) is 0 Å². The second-order valence-corrected chi connectivity index (χ2v) is 9.32. The number of amides is 1. The second kappa shape index (κ2) is 8.60. The molecule has 1 saturated heterocycles. The lowest BCUT2D eigenvalue weighted by Crippen LogP contribution is -2.50. The number of rotatable bonds is 5. The van der Waals surface area contributed by atoms with Gasteiger partial charge in [0.05, 0.1) is 15.7 Å². The largest absolute Gasteiger partial charge is 0.339 e. The number of benzene rings is 2. The number of halogens is 2. The van der Waals surface area contributed by atoms with Crippen LogP contribution >= 0.6 is 23.4 Å². The topological polar surface area (TPSA) is 57.7 Å². The fourth-order valence-corrected chi connectivity index (χ4v) is 5.34. The van der Waals surface area contributed by atoms with Gasteiger partial charge in [0, 0.05) is 31.1 Å². The van der Waals surface area contributed by atoms with E-state index in [1.165, 1.54) is 34.3 Å². The molecule has 0 N–H and O–H groups in total. The van der Waals surface area contributed by atoms with Gasteiger partial charge in [0.1, 0.15) is 5.82 Å². The minimum atomic E-state index is -3.76. The van der Waals surface area contributed by atoms with E-state index < -0.39 is 15.8 Å². The van der Waals surface area contributed by atoms with Crippen LogP contribution in [0.4, 0.5) is 4.39 Å². The summed E-state index contributed by atoms with van der Waals surface area (Å²) in [6.45, 7) is 0.968. The number of carbonyl (C=O) groups is 1. The summed E-state index contributed by atoms with van der Waals surface area (Å²) in [6, 6.07) is 12.2. The number of carbonyl (C=O) groups excluding carboxylic acids is 1. The van der Waals surface area contributed by atoms with Crippen LogP contribution in [0.15, 0.2) is 58.3 Å². The third-order valence-corrected chi connectivity index (χ3v) is 7.61. The zero-order valence-electron chi connectivity index (χ0n) is 14.3. The lowest BCUT2D eigenvalue weighted by atomic mass is 10.3. The number of sulfonamides is 1. The Morgan fingerprint density at radius 3 is 2.44 bits per heavy atom. The molecular weight excluding hydrogens is 411 g/mol. The fraction of sp³-hybridized carbons (Fsp3) is 0.278. The van der Waals surface area contributed by atoms with E-state index in [1.807, 2.05) is 18.2 Å². The maximum Gasteiger partial charge on any atom is 0.243 e. The zero-order valence-corrected chi connectivity index (χ0v) is 16.7. The molecular formula is C18H18ClFN2O3S2. The molecule has 0 saturated carbocycles. The molecule has 0 spiro atoms. The van der Waals surface area contributed by atoms with Gasteiger partial charge in [0.2, 0.25) is 15.9 Å². The molecule has 1 amide bonds. The molecule has 2 aromatic carbocycles. The van der Waals surface area contributed by atoms with Crippen LogP contribution in [0.1, 0.15) is 0 Å². The van der Waals surface area contributed by atoms with Crippen LogP contribution in [0.5, 0.6) is 0 Å². The molecule has 9 heteroatoms. The summed E-state index contributed by atoms with van der Waals surface area (Å²) in [7, 11) is -3.76. The minimum absolute atomic E-state index is 0.0669. The predicted octanol–water partition coefficient (Wildman–Crippen LogP) is 3.10. The predicted molar refractivity (Wildman–Crippen MR) is 104 cm³/mol. The van der Waals surface area contributed by atoms with Crippen molar-refractivity contribution in [2.24, 2.45) is 0 Å². The number of hydrogen-bond acceptors (Lipinski definition) is 4. The Hall–Kier alpha value is -1.61. The maximum absolute atomic E-state index is 13.3. The van der Waals surface area contributed by atoms with Gasteiger partial charge in [-0.1, -0.05) is 29.8 Å². The first-order valence-corrected chi connectivity index (χ1v) is 11.1. The van der Waals surface area contributed by atoms with E-state index in [0.717, 1.165) is 11.0 Å². The summed E-state index contributed by atoms with van der Waals surface area (Å²) in [5.41, 5.74) is 0. The van der Waals surface area contributed by atoms with E-state index in [-0.39, 0.29) is 29.6 Å². The van der Waals surface area contributed by atoms with Gasteiger partial charge in [0.25, 0.3) is 0 Å². The average molecular weight is 429 g/mol. The Morgan fingerprint density at radius 1 is 1.07 bits per heavy atom. The molecule has 0 atom stereocenters. The number of piperazine rings is 1. The first kappa shape index (κ1) is 20.1. The van der Waals surface area contributed by atoms with Crippen molar-refractivity contribution >= 4 is 39.3 Å². The fourth-order valence-electron chi connectivity index (χ4n) is 2.75. The molecule has 0 aromatic heterocycles. The summed E-state index contributed by atoms with van der Waals surface area (Å²) in [5.74, 6) is -0.426. The van der Waals surface area contributed by atoms with Gasteiger partial charge >= 0.3 is 0 Å². The van der Waals surface area contributed by atoms with Crippen molar-refractivity contribution in [3.63, 3.8) is 0 Å². The summed E-state index contributed by atoms with van der Waals surface area (Å²) in [5, 5.41) is 0.598. The Balaban J connectivity index is 1.57. The molecule has 0 bridgehead atoms. The first-order valence-electron chi connectivity index (χ1n) is 8.29. The Kier molecular flexibility index (Phi) is 6.41. The monoisotopic (exact) mass is 428 g/mol. The molecule has 0 aliphatic carbocycles. The first-order chi connectivity index (χ1) is 12.9. The molecule has 27 heavy (non-hydrogen) atoms. The van der Waals surface area contributed by atoms with E-state index in [0.29, 0.717) is 18.1 Å². The normalized spacial score (nSPS) is 15.7. The van der Waals surface area contributed by atoms with Crippen molar-refractivity contribution in [3.05, 3.63) is 59.4 Å². The van der Waals surface area contributed by atoms with Gasteiger partial charge in [-0.2, -0.15) is 4.31 Å². The van der Waals surface area contributed by atoms with E-state index in [9.17, 15) is 17.6 Å². The highest BCUT2D eigenvalue weighted by molar-refractivity contribution is 8.00. The van der Waals surface area contributed by atoms with Crippen LogP contribution in [0.25, 0.3) is 0 Å². The Labute approximate surface area is 167 Å². The van der Waals surface area contributed by atoms with Crippen LogP contribution < -0.4 is 0 Å². The highest BCUT2D eigenvalue weighted by Crippen LogP contribution is 2.27. The van der Waals surface area contributed by atoms with Gasteiger partial charge in [-0.3, -0.25) is 4.79 Å². The Bertz CT molecular complexity index is 932. The number of thioether (sulfide) groups is 1. The molecule has 1 aliphatic heterocycles. The number of hydrogen-bond donors (Lipinski definition) is 0. The summed E-state index contributed by atoms with van der Waals surface area (Å²) in [4.78, 5) is 14.8. The second-order valence-electron chi connectivity index (χ2n) is 5.96. The molecule has 0 radical (unpaired) electrons. The highest BCUT2D eigenvalue weighted by Gasteiger charge is 2.30. The van der Waals surface area contributed by atoms with Crippen LogP contribution in [-0.2, 0) is 14.8 Å². The lowest BCUT2D eigenvalue weighted by molar-refractivity contribution is -0.129. The van der Waals surface area contributed by atoms with Gasteiger partial charge in [-0.25, -0.2) is 12.8 Å². The lowest BCUT2D eigenvalue weighted by Gasteiger charge is -2.34. The van der Waals surface area contributed by atoms with E-state index >= 15 is 0 Å². The molecule has 3 rings (SSSR count). The van der Waals surface area contributed by atoms with E-state index in [4.69, 9.17) is 11.6 Å². The number of nitrogens with zero attached hydrogens (tertiary/aromatic N) is 2. The SMILES string of the molecule is O=C(CSc1ccccc1Cl)N1CCN(S(=O)(=O)c2cccc(F)c2)CC1. The Morgan fingerprint density at radius 2 is 1.78 bits per heavy atom. The van der Waals surface area contributed by atoms with Crippen molar-refractivity contribution in [3.8, 4) is 0 Å². The third-order valence-electron chi connectivity index (χ3n) is 4.21. The molecule has 0 unspecified atom stereocenters. The molecule has 1 aliphatic rings. The third kappa shape index (κ3) is 4.82. The molecule has 1 heterocycles. The van der Waals surface area contributed by atoms with Crippen LogP contribution in [-0.4, -0.2) is 55.5 Å². The summed E-state index contributed by atoms with van der Waals surface area (Å²) < 4.78 is 39.8. The quantitative estimate of drug-likeness (QED) is 0.686. The van der Waals surface area contributed by atoms with Gasteiger partial charge < -0.3 is 4.90 Å². The maximum atomic E-state index is 13.3. The van der Waals surface area contributed by atoms with E-state index in [2.05, 4.69) is 0 Å².